The first-order chi connectivity index (χ1) is 8.77. The van der Waals surface area contributed by atoms with Crippen LogP contribution < -0.4 is 0 Å². The number of unbranched alkanes of at least 4 members (excludes halogenated alkanes) is 2. The average Bonchev–Trinajstić information content (AvgIpc) is 2.34. The van der Waals surface area contributed by atoms with Crippen molar-refractivity contribution in [1.29, 1.82) is 0 Å². The second-order valence-electron chi connectivity index (χ2n) is 4.04. The van der Waals surface area contributed by atoms with Crippen molar-refractivity contribution in [2.24, 2.45) is 0 Å². The number of hydrogen-bond donors (Lipinski definition) is 2. The maximum Gasteiger partial charge on any atom is 0.303 e. The molecule has 0 amide bonds. The van der Waals surface area contributed by atoms with Crippen molar-refractivity contribution in [2.45, 2.75) is 44.9 Å². The van der Waals surface area contributed by atoms with Gasteiger partial charge in [0.05, 0.1) is 0 Å². The van der Waals surface area contributed by atoms with Gasteiger partial charge in [0, 0.05) is 13.0 Å². The molecule has 0 bridgehead atoms. The van der Waals surface area contributed by atoms with Gasteiger partial charge in [0.1, 0.15) is 0 Å². The van der Waals surface area contributed by atoms with E-state index in [0.717, 1.165) is 32.1 Å². The standard InChI is InChI=1S/C15H24O3/c16-14-12-10-8-6-4-2-1-3-5-7-9-11-13-15(17)18/h1-2,5-8,16H,3-4,9-14H2,(H,17,18). The molecule has 0 radical (unpaired) electrons. The van der Waals surface area contributed by atoms with E-state index in [1.54, 1.807) is 0 Å². The number of aliphatic hydroxyl groups is 1. The highest BCUT2D eigenvalue weighted by atomic mass is 16.4. The van der Waals surface area contributed by atoms with Crippen molar-refractivity contribution in [3.05, 3.63) is 36.5 Å². The van der Waals surface area contributed by atoms with Gasteiger partial charge < -0.3 is 10.2 Å². The smallest absolute Gasteiger partial charge is 0.303 e. The minimum Gasteiger partial charge on any atom is -0.481 e. The minimum atomic E-state index is -0.726. The van der Waals surface area contributed by atoms with Gasteiger partial charge in [-0.05, 0) is 38.5 Å². The normalized spacial score (nSPS) is 12.1. The summed E-state index contributed by atoms with van der Waals surface area (Å²) >= 11 is 0. The Bertz CT molecular complexity index is 277. The number of hydrogen-bond acceptors (Lipinski definition) is 2. The third kappa shape index (κ3) is 14.6. The number of rotatable bonds is 11. The molecule has 3 heteroatoms. The van der Waals surface area contributed by atoms with Crippen LogP contribution in [0.2, 0.25) is 0 Å². The van der Waals surface area contributed by atoms with E-state index in [9.17, 15) is 4.79 Å². The molecule has 0 saturated carbocycles. The van der Waals surface area contributed by atoms with Gasteiger partial charge in [0.15, 0.2) is 0 Å². The van der Waals surface area contributed by atoms with Gasteiger partial charge in [-0.1, -0.05) is 36.5 Å². The Labute approximate surface area is 110 Å². The van der Waals surface area contributed by atoms with Crippen molar-refractivity contribution in [2.75, 3.05) is 6.61 Å². The zero-order valence-electron chi connectivity index (χ0n) is 10.9. The molecule has 0 spiro atoms. The molecule has 0 atom stereocenters. The molecule has 3 nitrogen and oxygen atoms in total. The van der Waals surface area contributed by atoms with Gasteiger partial charge in [-0.25, -0.2) is 0 Å². The van der Waals surface area contributed by atoms with Crippen molar-refractivity contribution >= 4 is 5.97 Å². The first kappa shape index (κ1) is 16.6. The summed E-state index contributed by atoms with van der Waals surface area (Å²) in [5, 5.41) is 17.0. The monoisotopic (exact) mass is 252 g/mol. The molecule has 0 aromatic rings. The quantitative estimate of drug-likeness (QED) is 0.437. The van der Waals surface area contributed by atoms with Gasteiger partial charge in [0.2, 0.25) is 0 Å². The lowest BCUT2D eigenvalue weighted by Gasteiger charge is -1.90. The summed E-state index contributed by atoms with van der Waals surface area (Å²) in [6.07, 6.45) is 17.9. The van der Waals surface area contributed by atoms with Crippen molar-refractivity contribution in [3.63, 3.8) is 0 Å². The number of aliphatic carboxylic acids is 1. The summed E-state index contributed by atoms with van der Waals surface area (Å²) in [5.41, 5.74) is 0. The van der Waals surface area contributed by atoms with Gasteiger partial charge in [-0.2, -0.15) is 0 Å². The topological polar surface area (TPSA) is 57.5 Å². The number of carbonyl (C=O) groups is 1. The van der Waals surface area contributed by atoms with Crippen LogP contribution in [-0.4, -0.2) is 22.8 Å². The number of carboxylic acids is 1. The van der Waals surface area contributed by atoms with Gasteiger partial charge in [0.25, 0.3) is 0 Å². The van der Waals surface area contributed by atoms with E-state index in [0.29, 0.717) is 6.42 Å². The van der Waals surface area contributed by atoms with E-state index in [-0.39, 0.29) is 13.0 Å². The largest absolute Gasteiger partial charge is 0.481 e. The summed E-state index contributed by atoms with van der Waals surface area (Å²) in [4.78, 5) is 10.2. The Morgan fingerprint density at radius 2 is 1.33 bits per heavy atom. The van der Waals surface area contributed by atoms with Crippen LogP contribution in [0.25, 0.3) is 0 Å². The third-order valence-electron chi connectivity index (χ3n) is 2.33. The first-order valence-corrected chi connectivity index (χ1v) is 6.55. The molecule has 0 aromatic heterocycles. The van der Waals surface area contributed by atoms with Crippen molar-refractivity contribution < 1.29 is 15.0 Å². The Hall–Kier alpha value is -1.35. The lowest BCUT2D eigenvalue weighted by Crippen LogP contribution is -1.92. The molecule has 0 unspecified atom stereocenters. The summed E-state index contributed by atoms with van der Waals surface area (Å²) in [5.74, 6) is -0.726. The molecule has 102 valence electrons. The van der Waals surface area contributed by atoms with Gasteiger partial charge in [-0.15, -0.1) is 0 Å². The highest BCUT2D eigenvalue weighted by Crippen LogP contribution is 1.98. The Morgan fingerprint density at radius 1 is 0.833 bits per heavy atom. The summed E-state index contributed by atoms with van der Waals surface area (Å²) in [7, 11) is 0. The fraction of sp³-hybridized carbons (Fsp3) is 0.533. The van der Waals surface area contributed by atoms with Crippen molar-refractivity contribution in [1.82, 2.24) is 0 Å². The highest BCUT2D eigenvalue weighted by Gasteiger charge is 1.92. The van der Waals surface area contributed by atoms with E-state index in [4.69, 9.17) is 10.2 Å². The zero-order valence-corrected chi connectivity index (χ0v) is 10.9. The van der Waals surface area contributed by atoms with Gasteiger partial charge >= 0.3 is 5.97 Å². The molecular formula is C15H24O3. The van der Waals surface area contributed by atoms with E-state index in [1.807, 2.05) is 6.08 Å². The maximum absolute atomic E-state index is 10.2. The zero-order chi connectivity index (χ0) is 13.5. The number of aliphatic hydroxyl groups excluding tert-OH is 1. The molecule has 0 fully saturated rings. The maximum atomic E-state index is 10.2. The predicted octanol–water partition coefficient (Wildman–Crippen LogP) is 3.46. The lowest BCUT2D eigenvalue weighted by atomic mass is 10.2. The third-order valence-corrected chi connectivity index (χ3v) is 2.33. The lowest BCUT2D eigenvalue weighted by molar-refractivity contribution is -0.137. The first-order valence-electron chi connectivity index (χ1n) is 6.55. The Balaban J connectivity index is 3.34. The van der Waals surface area contributed by atoms with Crippen LogP contribution in [0.5, 0.6) is 0 Å². The van der Waals surface area contributed by atoms with Crippen LogP contribution in [0.4, 0.5) is 0 Å². The molecule has 0 aliphatic heterocycles. The summed E-state index contributed by atoms with van der Waals surface area (Å²) < 4.78 is 0. The molecule has 0 heterocycles. The summed E-state index contributed by atoms with van der Waals surface area (Å²) in [6.45, 7) is 0.257. The fourth-order valence-corrected chi connectivity index (χ4v) is 1.36. The van der Waals surface area contributed by atoms with Crippen LogP contribution in [0.3, 0.4) is 0 Å². The predicted molar refractivity (Wildman–Crippen MR) is 74.5 cm³/mol. The van der Waals surface area contributed by atoms with E-state index < -0.39 is 5.97 Å². The SMILES string of the molecule is O=C(O)CCCC=CCC=CCC=CCCCO. The molecule has 18 heavy (non-hydrogen) atoms. The van der Waals surface area contributed by atoms with Crippen LogP contribution in [-0.2, 0) is 4.79 Å². The second-order valence-corrected chi connectivity index (χ2v) is 4.04. The van der Waals surface area contributed by atoms with Crippen LogP contribution in [0.15, 0.2) is 36.5 Å². The van der Waals surface area contributed by atoms with Crippen LogP contribution in [0, 0.1) is 0 Å². The molecule has 0 rings (SSSR count). The Kier molecular flexibility index (Phi) is 12.7. The molecule has 0 aliphatic rings. The molecule has 0 saturated heterocycles. The van der Waals surface area contributed by atoms with Crippen LogP contribution in [0.1, 0.15) is 44.9 Å². The average molecular weight is 252 g/mol. The number of carboxylic acid groups (broad SMARTS) is 1. The van der Waals surface area contributed by atoms with E-state index in [1.165, 1.54) is 0 Å². The Morgan fingerprint density at radius 3 is 1.83 bits per heavy atom. The van der Waals surface area contributed by atoms with E-state index in [2.05, 4.69) is 30.4 Å². The van der Waals surface area contributed by atoms with Crippen LogP contribution >= 0.6 is 0 Å². The summed E-state index contributed by atoms with van der Waals surface area (Å²) in [6, 6.07) is 0. The van der Waals surface area contributed by atoms with E-state index >= 15 is 0 Å². The molecule has 0 aromatic carbocycles. The molecular weight excluding hydrogens is 228 g/mol. The minimum absolute atomic E-state index is 0.249. The molecule has 2 N–H and O–H groups in total. The number of allylic oxidation sites excluding steroid dienone is 6. The second kappa shape index (κ2) is 13.7. The molecule has 0 aliphatic carbocycles. The highest BCUT2D eigenvalue weighted by molar-refractivity contribution is 5.66. The van der Waals surface area contributed by atoms with Crippen molar-refractivity contribution in [3.8, 4) is 0 Å². The van der Waals surface area contributed by atoms with Gasteiger partial charge in [-0.3, -0.25) is 4.79 Å². The fourth-order valence-electron chi connectivity index (χ4n) is 1.36.